The highest BCUT2D eigenvalue weighted by Gasteiger charge is 2.19. The van der Waals surface area contributed by atoms with Gasteiger partial charge >= 0.3 is 0 Å². The van der Waals surface area contributed by atoms with Gasteiger partial charge in [-0.05, 0) is 6.42 Å². The van der Waals surface area contributed by atoms with Crippen molar-refractivity contribution in [1.29, 1.82) is 0 Å². The zero-order valence-electron chi connectivity index (χ0n) is 9.63. The molecule has 0 spiro atoms. The van der Waals surface area contributed by atoms with Crippen molar-refractivity contribution in [3.8, 4) is 0 Å². The molecule has 1 aromatic heterocycles. The Labute approximate surface area is 95.6 Å². The maximum absolute atomic E-state index is 6.02. The molecular weight excluding hydrogens is 206 g/mol. The van der Waals surface area contributed by atoms with Crippen LogP contribution in [-0.4, -0.2) is 35.1 Å². The first-order valence-corrected chi connectivity index (χ1v) is 5.70. The number of nitrogens with two attached hydrogens (primary N) is 1. The van der Waals surface area contributed by atoms with Crippen LogP contribution in [0.1, 0.15) is 18.7 Å². The first kappa shape index (κ1) is 11.6. The summed E-state index contributed by atoms with van der Waals surface area (Å²) in [5.74, 6) is 1.07. The van der Waals surface area contributed by atoms with Crippen LogP contribution < -0.4 is 5.73 Å². The normalized spacial score (nSPS) is 19.1. The Hall–Kier alpha value is -0.910. The monoisotopic (exact) mass is 225 g/mol. The molecule has 1 saturated heterocycles. The van der Waals surface area contributed by atoms with Gasteiger partial charge in [-0.25, -0.2) is 4.98 Å². The quantitative estimate of drug-likeness (QED) is 0.790. The third-order valence-electron chi connectivity index (χ3n) is 2.85. The molecule has 90 valence electrons. The van der Waals surface area contributed by atoms with E-state index in [0.717, 1.165) is 25.1 Å². The zero-order valence-corrected chi connectivity index (χ0v) is 9.63. The zero-order chi connectivity index (χ0) is 11.4. The second kappa shape index (κ2) is 5.43. The Kier molecular flexibility index (Phi) is 3.93. The molecule has 5 heteroatoms. The highest BCUT2D eigenvalue weighted by atomic mass is 16.7. The minimum absolute atomic E-state index is 0.101. The van der Waals surface area contributed by atoms with Crippen molar-refractivity contribution in [2.24, 2.45) is 12.8 Å². The molecule has 1 unspecified atom stereocenters. The fourth-order valence-electron chi connectivity index (χ4n) is 1.86. The van der Waals surface area contributed by atoms with Gasteiger partial charge < -0.3 is 19.8 Å². The Morgan fingerprint density at radius 1 is 1.56 bits per heavy atom. The molecule has 0 amide bonds. The van der Waals surface area contributed by atoms with Gasteiger partial charge in [0.1, 0.15) is 5.82 Å². The fourth-order valence-corrected chi connectivity index (χ4v) is 1.86. The van der Waals surface area contributed by atoms with Crippen molar-refractivity contribution in [3.63, 3.8) is 0 Å². The Morgan fingerprint density at radius 3 is 2.94 bits per heavy atom. The summed E-state index contributed by atoms with van der Waals surface area (Å²) in [6.45, 7) is 1.38. The van der Waals surface area contributed by atoms with Crippen molar-refractivity contribution >= 4 is 0 Å². The number of hydrogen-bond donors (Lipinski definition) is 1. The van der Waals surface area contributed by atoms with Gasteiger partial charge in [-0.1, -0.05) is 0 Å². The Bertz CT molecular complexity index is 321. The lowest BCUT2D eigenvalue weighted by Gasteiger charge is -2.15. The maximum Gasteiger partial charge on any atom is 0.159 e. The van der Waals surface area contributed by atoms with E-state index in [1.165, 1.54) is 0 Å². The molecule has 16 heavy (non-hydrogen) atoms. The van der Waals surface area contributed by atoms with Crippen LogP contribution in [0.3, 0.4) is 0 Å². The standard InChI is InChI=1S/C11H19N3O2/c1-14-5-4-13-10(14)3-2-9(12)8-11-15-6-7-16-11/h4-5,9,11H,2-3,6-8,12H2,1H3. The molecule has 0 radical (unpaired) electrons. The molecule has 1 aromatic rings. The van der Waals surface area contributed by atoms with Crippen molar-refractivity contribution in [2.45, 2.75) is 31.6 Å². The van der Waals surface area contributed by atoms with Crippen molar-refractivity contribution in [3.05, 3.63) is 18.2 Å². The highest BCUT2D eigenvalue weighted by molar-refractivity contribution is 4.91. The van der Waals surface area contributed by atoms with E-state index < -0.39 is 0 Å². The summed E-state index contributed by atoms with van der Waals surface area (Å²) in [4.78, 5) is 4.26. The molecule has 5 nitrogen and oxygen atoms in total. The summed E-state index contributed by atoms with van der Waals surface area (Å²) in [6, 6.07) is 0.111. The van der Waals surface area contributed by atoms with E-state index in [-0.39, 0.29) is 12.3 Å². The molecular formula is C11H19N3O2. The molecule has 0 aliphatic carbocycles. The summed E-state index contributed by atoms with van der Waals surface area (Å²) < 4.78 is 12.7. The van der Waals surface area contributed by atoms with Gasteiger partial charge in [-0.3, -0.25) is 0 Å². The molecule has 2 rings (SSSR count). The van der Waals surface area contributed by atoms with Crippen LogP contribution in [0.4, 0.5) is 0 Å². The molecule has 0 saturated carbocycles. The molecule has 0 aromatic carbocycles. The van der Waals surface area contributed by atoms with E-state index in [2.05, 4.69) is 4.98 Å². The van der Waals surface area contributed by atoms with Crippen molar-refractivity contribution in [2.75, 3.05) is 13.2 Å². The van der Waals surface area contributed by atoms with Gasteiger partial charge in [-0.2, -0.15) is 0 Å². The molecule has 1 atom stereocenters. The number of rotatable bonds is 5. The smallest absolute Gasteiger partial charge is 0.159 e. The van der Waals surface area contributed by atoms with Gasteiger partial charge in [0.15, 0.2) is 6.29 Å². The van der Waals surface area contributed by atoms with E-state index in [9.17, 15) is 0 Å². The van der Waals surface area contributed by atoms with Gasteiger partial charge in [-0.15, -0.1) is 0 Å². The SMILES string of the molecule is Cn1ccnc1CCC(N)CC1OCCO1. The minimum Gasteiger partial charge on any atom is -0.350 e. The summed E-state index contributed by atoms with van der Waals surface area (Å²) in [5, 5.41) is 0. The molecule has 1 aliphatic rings. The average Bonchev–Trinajstić information content (AvgIpc) is 2.87. The van der Waals surface area contributed by atoms with Crippen LogP contribution in [0.25, 0.3) is 0 Å². The van der Waals surface area contributed by atoms with Gasteiger partial charge in [0.2, 0.25) is 0 Å². The summed E-state index contributed by atoms with van der Waals surface area (Å²) in [5.41, 5.74) is 6.02. The lowest BCUT2D eigenvalue weighted by molar-refractivity contribution is -0.0509. The lowest BCUT2D eigenvalue weighted by Crippen LogP contribution is -2.27. The fraction of sp³-hybridized carbons (Fsp3) is 0.727. The maximum atomic E-state index is 6.02. The largest absolute Gasteiger partial charge is 0.350 e. The van der Waals surface area contributed by atoms with Crippen LogP contribution in [-0.2, 0) is 22.9 Å². The first-order valence-electron chi connectivity index (χ1n) is 5.70. The Morgan fingerprint density at radius 2 is 2.31 bits per heavy atom. The van der Waals surface area contributed by atoms with E-state index in [1.807, 2.05) is 24.0 Å². The van der Waals surface area contributed by atoms with Crippen LogP contribution in [0.15, 0.2) is 12.4 Å². The highest BCUT2D eigenvalue weighted by Crippen LogP contribution is 2.12. The Balaban J connectivity index is 1.71. The summed E-state index contributed by atoms with van der Waals surface area (Å²) in [6.07, 6.45) is 6.24. The molecule has 1 fully saturated rings. The van der Waals surface area contributed by atoms with Crippen LogP contribution in [0, 0.1) is 0 Å². The molecule has 2 heterocycles. The summed E-state index contributed by atoms with van der Waals surface area (Å²) >= 11 is 0. The second-order valence-electron chi connectivity index (χ2n) is 4.16. The third kappa shape index (κ3) is 3.04. The average molecular weight is 225 g/mol. The first-order chi connectivity index (χ1) is 7.75. The van der Waals surface area contributed by atoms with E-state index in [1.54, 1.807) is 0 Å². The van der Waals surface area contributed by atoms with Crippen LogP contribution in [0.2, 0.25) is 0 Å². The topological polar surface area (TPSA) is 62.3 Å². The number of ether oxygens (including phenoxy) is 2. The number of nitrogens with zero attached hydrogens (tertiary/aromatic N) is 2. The number of hydrogen-bond acceptors (Lipinski definition) is 4. The second-order valence-corrected chi connectivity index (χ2v) is 4.16. The van der Waals surface area contributed by atoms with E-state index >= 15 is 0 Å². The van der Waals surface area contributed by atoms with Gasteiger partial charge in [0.25, 0.3) is 0 Å². The minimum atomic E-state index is -0.101. The number of aryl methyl sites for hydroxylation is 2. The van der Waals surface area contributed by atoms with Crippen molar-refractivity contribution < 1.29 is 9.47 Å². The molecule has 1 aliphatic heterocycles. The number of imidazole rings is 1. The molecule has 2 N–H and O–H groups in total. The van der Waals surface area contributed by atoms with E-state index in [4.69, 9.17) is 15.2 Å². The van der Waals surface area contributed by atoms with Crippen LogP contribution >= 0.6 is 0 Å². The lowest BCUT2D eigenvalue weighted by atomic mass is 10.1. The predicted octanol–water partition coefficient (Wildman–Crippen LogP) is 0.443. The number of aromatic nitrogens is 2. The van der Waals surface area contributed by atoms with Crippen LogP contribution in [0.5, 0.6) is 0 Å². The van der Waals surface area contributed by atoms with Crippen molar-refractivity contribution in [1.82, 2.24) is 9.55 Å². The summed E-state index contributed by atoms with van der Waals surface area (Å²) in [7, 11) is 2.00. The predicted molar refractivity (Wildman–Crippen MR) is 59.8 cm³/mol. The van der Waals surface area contributed by atoms with E-state index in [0.29, 0.717) is 13.2 Å². The van der Waals surface area contributed by atoms with Gasteiger partial charge in [0, 0.05) is 38.3 Å². The molecule has 0 bridgehead atoms. The van der Waals surface area contributed by atoms with Gasteiger partial charge in [0.05, 0.1) is 13.2 Å². The third-order valence-corrected chi connectivity index (χ3v) is 2.85.